The Morgan fingerprint density at radius 3 is 2.50 bits per heavy atom. The molecule has 8 heteroatoms. The zero-order valence-electron chi connectivity index (χ0n) is 15.8. The van der Waals surface area contributed by atoms with Crippen LogP contribution < -0.4 is 10.5 Å². The van der Waals surface area contributed by atoms with Crippen LogP contribution in [0.5, 0.6) is 0 Å². The highest BCUT2D eigenvalue weighted by molar-refractivity contribution is 7.18. The van der Waals surface area contributed by atoms with E-state index in [9.17, 15) is 14.0 Å². The molecule has 3 aromatic rings. The quantitative estimate of drug-likeness (QED) is 0.678. The zero-order chi connectivity index (χ0) is 19.8. The van der Waals surface area contributed by atoms with E-state index in [2.05, 4.69) is 9.88 Å². The van der Waals surface area contributed by atoms with Gasteiger partial charge in [0, 0.05) is 36.7 Å². The number of fused-ring (bicyclic) bond motifs is 1. The van der Waals surface area contributed by atoms with Gasteiger partial charge < -0.3 is 9.80 Å². The molecule has 0 spiro atoms. The van der Waals surface area contributed by atoms with Crippen molar-refractivity contribution in [1.82, 2.24) is 14.5 Å². The van der Waals surface area contributed by atoms with Gasteiger partial charge in [-0.25, -0.2) is 9.37 Å². The first-order valence-electron chi connectivity index (χ1n) is 9.17. The standard InChI is InChI=1S/C20H21FN4O2S/c1-13-14(2)28-19-18(13)20(27)25(12-22-19)11-17(26)24-9-7-23(8-10-24)16-5-3-15(21)4-6-16/h3-6,12H,7-11H2,1-2H3. The van der Waals surface area contributed by atoms with Gasteiger partial charge in [0.15, 0.2) is 0 Å². The summed E-state index contributed by atoms with van der Waals surface area (Å²) in [6, 6.07) is 6.38. The van der Waals surface area contributed by atoms with Crippen molar-refractivity contribution in [2.24, 2.45) is 0 Å². The zero-order valence-corrected chi connectivity index (χ0v) is 16.6. The third kappa shape index (κ3) is 3.40. The number of carbonyl (C=O) groups excluding carboxylic acids is 1. The van der Waals surface area contributed by atoms with Crippen molar-refractivity contribution >= 4 is 33.1 Å². The highest BCUT2D eigenvalue weighted by Crippen LogP contribution is 2.25. The van der Waals surface area contributed by atoms with Gasteiger partial charge in [0.2, 0.25) is 5.91 Å². The Kier molecular flexibility index (Phi) is 4.89. The van der Waals surface area contributed by atoms with Crippen LogP contribution in [-0.2, 0) is 11.3 Å². The maximum atomic E-state index is 13.1. The van der Waals surface area contributed by atoms with Crippen LogP contribution in [0, 0.1) is 19.7 Å². The summed E-state index contributed by atoms with van der Waals surface area (Å²) in [7, 11) is 0. The van der Waals surface area contributed by atoms with Crippen LogP contribution in [0.25, 0.3) is 10.2 Å². The third-order valence-corrected chi connectivity index (χ3v) is 6.40. The number of aryl methyl sites for hydroxylation is 2. The van der Waals surface area contributed by atoms with Crippen molar-refractivity contribution in [3.8, 4) is 0 Å². The minimum absolute atomic E-state index is 0.00729. The molecule has 0 N–H and O–H groups in total. The van der Waals surface area contributed by atoms with Gasteiger partial charge in [-0.3, -0.25) is 14.2 Å². The smallest absolute Gasteiger partial charge is 0.262 e. The number of anilines is 1. The molecule has 3 heterocycles. The number of amides is 1. The fraction of sp³-hybridized carbons (Fsp3) is 0.350. The highest BCUT2D eigenvalue weighted by Gasteiger charge is 2.22. The molecule has 0 bridgehead atoms. The normalized spacial score (nSPS) is 14.7. The number of aromatic nitrogens is 2. The molecule has 1 fully saturated rings. The lowest BCUT2D eigenvalue weighted by atomic mass is 10.2. The lowest BCUT2D eigenvalue weighted by molar-refractivity contribution is -0.132. The number of halogens is 1. The van der Waals surface area contributed by atoms with Gasteiger partial charge in [0.25, 0.3) is 5.56 Å². The Morgan fingerprint density at radius 1 is 1.14 bits per heavy atom. The predicted molar refractivity (Wildman–Crippen MR) is 109 cm³/mol. The van der Waals surface area contributed by atoms with Crippen LogP contribution in [0.3, 0.4) is 0 Å². The molecule has 28 heavy (non-hydrogen) atoms. The Labute approximate surface area is 165 Å². The molecule has 0 radical (unpaired) electrons. The summed E-state index contributed by atoms with van der Waals surface area (Å²) in [6.45, 7) is 6.36. The van der Waals surface area contributed by atoms with Crippen LogP contribution in [0.2, 0.25) is 0 Å². The maximum absolute atomic E-state index is 13.1. The molecule has 0 atom stereocenters. The van der Waals surface area contributed by atoms with Crippen molar-refractivity contribution in [2.75, 3.05) is 31.1 Å². The van der Waals surface area contributed by atoms with E-state index in [1.54, 1.807) is 17.0 Å². The van der Waals surface area contributed by atoms with Gasteiger partial charge in [0.1, 0.15) is 17.2 Å². The number of carbonyl (C=O) groups is 1. The van der Waals surface area contributed by atoms with Crippen molar-refractivity contribution in [2.45, 2.75) is 20.4 Å². The van der Waals surface area contributed by atoms with Gasteiger partial charge in [-0.2, -0.15) is 0 Å². The second-order valence-electron chi connectivity index (χ2n) is 6.99. The van der Waals surface area contributed by atoms with Gasteiger partial charge in [-0.1, -0.05) is 0 Å². The molecule has 6 nitrogen and oxygen atoms in total. The molecule has 0 aliphatic carbocycles. The van der Waals surface area contributed by atoms with E-state index in [0.717, 1.165) is 21.0 Å². The Hall–Kier alpha value is -2.74. The fourth-order valence-electron chi connectivity index (χ4n) is 3.49. The van der Waals surface area contributed by atoms with Crippen molar-refractivity contribution in [3.63, 3.8) is 0 Å². The van der Waals surface area contributed by atoms with E-state index in [0.29, 0.717) is 31.6 Å². The summed E-state index contributed by atoms with van der Waals surface area (Å²) in [6.07, 6.45) is 1.46. The topological polar surface area (TPSA) is 58.4 Å². The SMILES string of the molecule is Cc1sc2ncn(CC(=O)N3CCN(c4ccc(F)cc4)CC3)c(=O)c2c1C. The number of thiophene rings is 1. The molecule has 4 rings (SSSR count). The monoisotopic (exact) mass is 400 g/mol. The lowest BCUT2D eigenvalue weighted by Crippen LogP contribution is -2.50. The molecule has 1 saturated heterocycles. The van der Waals surface area contributed by atoms with Crippen LogP contribution in [-0.4, -0.2) is 46.5 Å². The molecular weight excluding hydrogens is 379 g/mol. The minimum Gasteiger partial charge on any atom is -0.368 e. The molecule has 1 aliphatic rings. The van der Waals surface area contributed by atoms with E-state index in [1.165, 1.54) is 34.4 Å². The first-order chi connectivity index (χ1) is 13.4. The summed E-state index contributed by atoms with van der Waals surface area (Å²) in [4.78, 5) is 35.5. The van der Waals surface area contributed by atoms with Gasteiger partial charge >= 0.3 is 0 Å². The van der Waals surface area contributed by atoms with Crippen molar-refractivity contribution < 1.29 is 9.18 Å². The number of hydrogen-bond acceptors (Lipinski definition) is 5. The van der Waals surface area contributed by atoms with Crippen LogP contribution in [0.15, 0.2) is 35.4 Å². The molecule has 1 aromatic carbocycles. The van der Waals surface area contributed by atoms with Crippen LogP contribution >= 0.6 is 11.3 Å². The lowest BCUT2D eigenvalue weighted by Gasteiger charge is -2.36. The number of benzene rings is 1. The number of piperazine rings is 1. The minimum atomic E-state index is -0.260. The summed E-state index contributed by atoms with van der Waals surface area (Å²) in [5.74, 6) is -0.351. The Bertz CT molecular complexity index is 1080. The van der Waals surface area contributed by atoms with Crippen LogP contribution in [0.4, 0.5) is 10.1 Å². The van der Waals surface area contributed by atoms with Crippen LogP contribution in [0.1, 0.15) is 10.4 Å². The molecule has 1 amide bonds. The largest absolute Gasteiger partial charge is 0.368 e. The number of hydrogen-bond donors (Lipinski definition) is 0. The van der Waals surface area contributed by atoms with Gasteiger partial charge in [-0.15, -0.1) is 11.3 Å². The van der Waals surface area contributed by atoms with Crippen molar-refractivity contribution in [1.29, 1.82) is 0 Å². The molecule has 0 saturated carbocycles. The summed E-state index contributed by atoms with van der Waals surface area (Å²) in [5.41, 5.74) is 1.72. The molecule has 146 valence electrons. The summed E-state index contributed by atoms with van der Waals surface area (Å²) < 4.78 is 14.5. The highest BCUT2D eigenvalue weighted by atomic mass is 32.1. The number of rotatable bonds is 3. The van der Waals surface area contributed by atoms with E-state index >= 15 is 0 Å². The molecule has 0 unspecified atom stereocenters. The average Bonchev–Trinajstić information content (AvgIpc) is 2.99. The van der Waals surface area contributed by atoms with E-state index in [4.69, 9.17) is 0 Å². The molecule has 2 aromatic heterocycles. The van der Waals surface area contributed by atoms with E-state index in [-0.39, 0.29) is 23.8 Å². The third-order valence-electron chi connectivity index (χ3n) is 5.29. The fourth-order valence-corrected chi connectivity index (χ4v) is 4.48. The first kappa shape index (κ1) is 18.6. The van der Waals surface area contributed by atoms with Crippen molar-refractivity contribution in [3.05, 3.63) is 57.2 Å². The Morgan fingerprint density at radius 2 is 1.82 bits per heavy atom. The second kappa shape index (κ2) is 7.35. The van der Waals surface area contributed by atoms with E-state index < -0.39 is 0 Å². The first-order valence-corrected chi connectivity index (χ1v) is 9.99. The molecule has 1 aliphatic heterocycles. The summed E-state index contributed by atoms with van der Waals surface area (Å²) >= 11 is 1.50. The predicted octanol–water partition coefficient (Wildman–Crippen LogP) is 2.56. The van der Waals surface area contributed by atoms with Gasteiger partial charge in [-0.05, 0) is 43.7 Å². The molecular formula is C20H21FN4O2S. The number of nitrogens with zero attached hydrogens (tertiary/aromatic N) is 4. The average molecular weight is 400 g/mol. The maximum Gasteiger partial charge on any atom is 0.262 e. The van der Waals surface area contributed by atoms with Gasteiger partial charge in [0.05, 0.1) is 11.7 Å². The second-order valence-corrected chi connectivity index (χ2v) is 8.19. The summed E-state index contributed by atoms with van der Waals surface area (Å²) in [5, 5.41) is 0.610. The Balaban J connectivity index is 1.44. The van der Waals surface area contributed by atoms with E-state index in [1.807, 2.05) is 13.8 Å².